The molecule has 0 amide bonds. The fourth-order valence-corrected chi connectivity index (χ4v) is 4.35. The minimum Gasteiger partial charge on any atom is -0.188 e. The fourth-order valence-electron chi connectivity index (χ4n) is 4.35. The summed E-state index contributed by atoms with van der Waals surface area (Å²) in [5.41, 5.74) is 6.10. The first-order valence-corrected chi connectivity index (χ1v) is 7.15. The molecular weight excluding hydrogens is 230 g/mol. The van der Waals surface area contributed by atoms with Gasteiger partial charge in [-0.25, -0.2) is 0 Å². The van der Waals surface area contributed by atoms with Crippen LogP contribution in [0.1, 0.15) is 44.9 Å². The normalized spacial score (nSPS) is 29.2. The molecule has 0 fully saturated rings. The van der Waals surface area contributed by atoms with Gasteiger partial charge in [-0.3, -0.25) is 0 Å². The number of fused-ring (bicyclic) bond motifs is 2. The second-order valence-electron chi connectivity index (χ2n) is 6.71. The van der Waals surface area contributed by atoms with E-state index in [0.29, 0.717) is 5.92 Å². The molecule has 0 spiro atoms. The summed E-state index contributed by atoms with van der Waals surface area (Å²) >= 11 is 0. The van der Waals surface area contributed by atoms with Crippen LogP contribution in [0.3, 0.4) is 0 Å². The summed E-state index contributed by atoms with van der Waals surface area (Å²) in [6, 6.07) is 15.6. The Labute approximate surface area is 114 Å². The van der Waals surface area contributed by atoms with E-state index in [1.807, 2.05) is 0 Å². The molecule has 3 heterocycles. The van der Waals surface area contributed by atoms with E-state index in [-0.39, 0.29) is 11.0 Å². The average molecular weight is 250 g/mol. The van der Waals surface area contributed by atoms with Crippen molar-refractivity contribution in [3.05, 3.63) is 53.7 Å². The zero-order valence-corrected chi connectivity index (χ0v) is 12.1. The van der Waals surface area contributed by atoms with Crippen LogP contribution in [0.4, 0.5) is 0 Å². The van der Waals surface area contributed by atoms with Crippen LogP contribution in [0.25, 0.3) is 11.3 Å². The van der Waals surface area contributed by atoms with Crippen LogP contribution in [0.15, 0.2) is 42.5 Å². The molecule has 2 unspecified atom stereocenters. The summed E-state index contributed by atoms with van der Waals surface area (Å²) in [7, 11) is 0. The van der Waals surface area contributed by atoms with Crippen LogP contribution in [0.5, 0.6) is 0 Å². The maximum Gasteiger partial charge on any atom is 0.213 e. The van der Waals surface area contributed by atoms with Crippen molar-refractivity contribution in [2.45, 2.75) is 44.6 Å². The molecule has 1 aromatic heterocycles. The van der Waals surface area contributed by atoms with Crippen molar-refractivity contribution in [2.24, 2.45) is 0 Å². The molecule has 2 atom stereocenters. The number of aromatic nitrogens is 1. The van der Waals surface area contributed by atoms with Crippen molar-refractivity contribution in [3.63, 3.8) is 0 Å². The maximum absolute atomic E-state index is 2.57. The molecule has 1 aromatic carbocycles. The van der Waals surface area contributed by atoms with Crippen molar-refractivity contribution in [3.8, 4) is 11.3 Å². The second kappa shape index (κ2) is 3.09. The van der Waals surface area contributed by atoms with E-state index in [4.69, 9.17) is 0 Å². The third-order valence-electron chi connectivity index (χ3n) is 5.91. The quantitative estimate of drug-likeness (QED) is 0.627. The summed E-state index contributed by atoms with van der Waals surface area (Å²) in [5, 5.41) is 0. The summed E-state index contributed by atoms with van der Waals surface area (Å²) in [6.07, 6.45) is 0. The highest BCUT2D eigenvalue weighted by Gasteiger charge is 2.67. The van der Waals surface area contributed by atoms with Crippen molar-refractivity contribution in [1.29, 1.82) is 0 Å². The van der Waals surface area contributed by atoms with Crippen LogP contribution in [-0.2, 0) is 11.0 Å². The Kier molecular flexibility index (Phi) is 1.83. The molecular formula is C18H20N+. The molecule has 2 aliphatic rings. The molecule has 0 bridgehead atoms. The van der Waals surface area contributed by atoms with Gasteiger partial charge in [0.25, 0.3) is 0 Å². The lowest BCUT2D eigenvalue weighted by atomic mass is 9.55. The third-order valence-corrected chi connectivity index (χ3v) is 5.91. The number of hydrogen-bond acceptors (Lipinski definition) is 0. The summed E-state index contributed by atoms with van der Waals surface area (Å²) in [6.45, 7) is 9.58. The molecule has 0 N–H and O–H groups in total. The molecule has 1 nitrogen and oxygen atoms in total. The Morgan fingerprint density at radius 1 is 0.947 bits per heavy atom. The third kappa shape index (κ3) is 0.992. The van der Waals surface area contributed by atoms with Crippen LogP contribution in [0.2, 0.25) is 0 Å². The predicted molar refractivity (Wildman–Crippen MR) is 77.2 cm³/mol. The molecule has 2 aromatic rings. The standard InChI is InChI=1S/C18H20N/c1-12-15-10-7-11-16-13-8-5-6-9-14(13)17(2,3)18(12,4)19(15)16/h5-12H,1-4H3/q+1. The van der Waals surface area contributed by atoms with E-state index in [2.05, 4.69) is 74.7 Å². The summed E-state index contributed by atoms with van der Waals surface area (Å²) in [5.74, 6) is 0.607. The van der Waals surface area contributed by atoms with Gasteiger partial charge in [-0.15, -0.1) is 0 Å². The molecule has 1 heteroatoms. The molecule has 4 rings (SSSR count). The van der Waals surface area contributed by atoms with Crippen LogP contribution in [0, 0.1) is 0 Å². The summed E-state index contributed by atoms with van der Waals surface area (Å²) < 4.78 is 2.57. The van der Waals surface area contributed by atoms with Gasteiger partial charge in [0.05, 0.1) is 11.0 Å². The van der Waals surface area contributed by atoms with Gasteiger partial charge in [0.15, 0.2) is 11.2 Å². The molecule has 2 aliphatic heterocycles. The molecule has 0 radical (unpaired) electrons. The van der Waals surface area contributed by atoms with Crippen molar-refractivity contribution >= 4 is 0 Å². The Morgan fingerprint density at radius 3 is 2.47 bits per heavy atom. The lowest BCUT2D eigenvalue weighted by Gasteiger charge is -2.53. The number of nitrogens with zero attached hydrogens (tertiary/aromatic N) is 1. The molecule has 96 valence electrons. The van der Waals surface area contributed by atoms with Gasteiger partial charge in [0, 0.05) is 19.1 Å². The number of pyridine rings is 1. The first-order chi connectivity index (χ1) is 8.99. The molecule has 0 saturated heterocycles. The maximum atomic E-state index is 2.57. The number of rotatable bonds is 0. The van der Waals surface area contributed by atoms with E-state index in [1.54, 1.807) is 0 Å². The zero-order valence-electron chi connectivity index (χ0n) is 12.1. The van der Waals surface area contributed by atoms with Crippen molar-refractivity contribution in [1.82, 2.24) is 0 Å². The Morgan fingerprint density at radius 2 is 1.68 bits per heavy atom. The highest BCUT2D eigenvalue weighted by molar-refractivity contribution is 5.66. The first-order valence-electron chi connectivity index (χ1n) is 7.15. The van der Waals surface area contributed by atoms with E-state index >= 15 is 0 Å². The zero-order chi connectivity index (χ0) is 13.4. The van der Waals surface area contributed by atoms with Gasteiger partial charge in [0.1, 0.15) is 5.92 Å². The molecule has 0 aliphatic carbocycles. The Balaban J connectivity index is 2.17. The smallest absolute Gasteiger partial charge is 0.188 e. The lowest BCUT2D eigenvalue weighted by Crippen LogP contribution is -2.78. The van der Waals surface area contributed by atoms with Gasteiger partial charge in [0.2, 0.25) is 5.69 Å². The van der Waals surface area contributed by atoms with E-state index in [1.165, 1.54) is 22.5 Å². The van der Waals surface area contributed by atoms with Crippen LogP contribution >= 0.6 is 0 Å². The first kappa shape index (κ1) is 11.2. The lowest BCUT2D eigenvalue weighted by molar-refractivity contribution is -0.817. The van der Waals surface area contributed by atoms with Crippen molar-refractivity contribution < 1.29 is 4.57 Å². The summed E-state index contributed by atoms with van der Waals surface area (Å²) in [4.78, 5) is 0. The van der Waals surface area contributed by atoms with E-state index in [9.17, 15) is 0 Å². The average Bonchev–Trinajstić information content (AvgIpc) is 2.44. The van der Waals surface area contributed by atoms with Crippen molar-refractivity contribution in [2.75, 3.05) is 0 Å². The van der Waals surface area contributed by atoms with E-state index < -0.39 is 0 Å². The second-order valence-corrected chi connectivity index (χ2v) is 6.71. The van der Waals surface area contributed by atoms with Gasteiger partial charge in [-0.2, -0.15) is 4.57 Å². The highest BCUT2D eigenvalue weighted by Crippen LogP contribution is 2.56. The SMILES string of the molecule is CC1c2cccc3[n+]2C1(C)C(C)(C)c1ccccc1-3. The minimum atomic E-state index is 0.162. The molecule has 0 saturated carbocycles. The molecule has 19 heavy (non-hydrogen) atoms. The minimum absolute atomic E-state index is 0.162. The van der Waals surface area contributed by atoms with Crippen LogP contribution < -0.4 is 4.57 Å². The number of benzene rings is 1. The van der Waals surface area contributed by atoms with Gasteiger partial charge in [-0.05, 0) is 38.5 Å². The monoisotopic (exact) mass is 250 g/mol. The van der Waals surface area contributed by atoms with Crippen LogP contribution in [-0.4, -0.2) is 0 Å². The highest BCUT2D eigenvalue weighted by atomic mass is 15.2. The van der Waals surface area contributed by atoms with Gasteiger partial charge >= 0.3 is 0 Å². The largest absolute Gasteiger partial charge is 0.213 e. The van der Waals surface area contributed by atoms with E-state index in [0.717, 1.165) is 0 Å². The fraction of sp³-hybridized carbons (Fsp3) is 0.389. The predicted octanol–water partition coefficient (Wildman–Crippen LogP) is 3.76. The topological polar surface area (TPSA) is 3.88 Å². The Hall–Kier alpha value is -1.63. The van der Waals surface area contributed by atoms with Gasteiger partial charge in [-0.1, -0.05) is 18.2 Å². The number of hydrogen-bond donors (Lipinski definition) is 0. The van der Waals surface area contributed by atoms with Gasteiger partial charge < -0.3 is 0 Å². The Bertz CT molecular complexity index is 699.